The van der Waals surface area contributed by atoms with Gasteiger partial charge in [-0.1, -0.05) is 24.3 Å². The average Bonchev–Trinajstić information content (AvgIpc) is 2.94. The van der Waals surface area contributed by atoms with Crippen molar-refractivity contribution < 1.29 is 18.6 Å². The Balaban J connectivity index is 2.10. The lowest BCUT2D eigenvalue weighted by Gasteiger charge is -2.19. The molecule has 1 atom stereocenters. The van der Waals surface area contributed by atoms with Gasteiger partial charge in [-0.05, 0) is 17.5 Å². The van der Waals surface area contributed by atoms with Gasteiger partial charge >= 0.3 is 6.61 Å². The molecular weight excluding hydrogens is 284 g/mol. The summed E-state index contributed by atoms with van der Waals surface area (Å²) in [6.07, 6.45) is 0. The van der Waals surface area contributed by atoms with Crippen molar-refractivity contribution in [1.29, 1.82) is 0 Å². The van der Waals surface area contributed by atoms with Crippen LogP contribution in [-0.4, -0.2) is 18.3 Å². The highest BCUT2D eigenvalue weighted by atomic mass is 32.1. The minimum absolute atomic E-state index is 0.0835. The van der Waals surface area contributed by atoms with Crippen molar-refractivity contribution in [1.82, 2.24) is 5.32 Å². The quantitative estimate of drug-likeness (QED) is 0.825. The number of halogens is 2. The number of alkyl halides is 2. The Bertz CT molecular complexity index is 520. The molecule has 1 aromatic carbocycles. The summed E-state index contributed by atoms with van der Waals surface area (Å²) < 4.78 is 29.2. The summed E-state index contributed by atoms with van der Waals surface area (Å²) in [5.74, 6) is 0.0835. The SMILES string of the molecule is OCC(NCc1cccs1)c1ccccc1OC(F)F. The Morgan fingerprint density at radius 2 is 2.00 bits per heavy atom. The Labute approximate surface area is 119 Å². The number of nitrogens with one attached hydrogen (secondary N) is 1. The van der Waals surface area contributed by atoms with E-state index >= 15 is 0 Å². The molecule has 108 valence electrons. The molecule has 0 bridgehead atoms. The van der Waals surface area contributed by atoms with Crippen molar-refractivity contribution >= 4 is 11.3 Å². The van der Waals surface area contributed by atoms with Crippen LogP contribution in [0.25, 0.3) is 0 Å². The standard InChI is InChI=1S/C14H15F2NO2S/c15-14(16)19-13-6-2-1-5-11(13)12(9-18)17-8-10-4-3-7-20-10/h1-7,12,14,17-18H,8-9H2. The summed E-state index contributed by atoms with van der Waals surface area (Å²) in [6.45, 7) is -2.52. The third-order valence-electron chi connectivity index (χ3n) is 2.80. The first-order valence-corrected chi connectivity index (χ1v) is 6.99. The highest BCUT2D eigenvalue weighted by Crippen LogP contribution is 2.26. The van der Waals surface area contributed by atoms with Gasteiger partial charge in [-0.15, -0.1) is 11.3 Å². The van der Waals surface area contributed by atoms with Gasteiger partial charge in [0.1, 0.15) is 5.75 Å². The van der Waals surface area contributed by atoms with E-state index in [9.17, 15) is 13.9 Å². The molecule has 0 aliphatic carbocycles. The zero-order valence-corrected chi connectivity index (χ0v) is 11.4. The van der Waals surface area contributed by atoms with Crippen molar-refractivity contribution in [2.24, 2.45) is 0 Å². The van der Waals surface area contributed by atoms with Crippen LogP contribution in [0.4, 0.5) is 8.78 Å². The fourth-order valence-electron chi connectivity index (χ4n) is 1.88. The first-order valence-electron chi connectivity index (χ1n) is 6.11. The maximum atomic E-state index is 12.4. The Morgan fingerprint density at radius 1 is 1.20 bits per heavy atom. The highest BCUT2D eigenvalue weighted by Gasteiger charge is 2.17. The normalized spacial score (nSPS) is 12.6. The molecule has 0 saturated carbocycles. The summed E-state index contributed by atoms with van der Waals surface area (Å²) >= 11 is 1.59. The molecular formula is C14H15F2NO2S. The molecule has 0 radical (unpaired) electrons. The number of aliphatic hydroxyl groups is 1. The Hall–Kier alpha value is -1.50. The molecule has 2 N–H and O–H groups in total. The van der Waals surface area contributed by atoms with E-state index in [-0.39, 0.29) is 12.4 Å². The molecule has 0 spiro atoms. The summed E-state index contributed by atoms with van der Waals surface area (Å²) in [5.41, 5.74) is 0.520. The van der Waals surface area contributed by atoms with E-state index in [0.717, 1.165) is 4.88 Å². The number of rotatable bonds is 7. The van der Waals surface area contributed by atoms with Crippen molar-refractivity contribution in [3.63, 3.8) is 0 Å². The van der Waals surface area contributed by atoms with Crippen LogP contribution in [0.5, 0.6) is 5.75 Å². The van der Waals surface area contributed by atoms with Crippen LogP contribution in [0, 0.1) is 0 Å². The fraction of sp³-hybridized carbons (Fsp3) is 0.286. The van der Waals surface area contributed by atoms with Gasteiger partial charge in [-0.3, -0.25) is 0 Å². The summed E-state index contributed by atoms with van der Waals surface area (Å²) in [7, 11) is 0. The molecule has 2 aromatic rings. The van der Waals surface area contributed by atoms with E-state index in [1.165, 1.54) is 6.07 Å². The van der Waals surface area contributed by atoms with Crippen LogP contribution in [-0.2, 0) is 6.54 Å². The van der Waals surface area contributed by atoms with Gasteiger partial charge in [-0.25, -0.2) is 0 Å². The van der Waals surface area contributed by atoms with E-state index in [0.29, 0.717) is 12.1 Å². The predicted octanol–water partition coefficient (Wildman–Crippen LogP) is 3.17. The van der Waals surface area contributed by atoms with Gasteiger partial charge in [0.15, 0.2) is 0 Å². The summed E-state index contributed by atoms with van der Waals surface area (Å²) in [4.78, 5) is 1.11. The lowest BCUT2D eigenvalue weighted by molar-refractivity contribution is -0.0509. The molecule has 6 heteroatoms. The maximum Gasteiger partial charge on any atom is 0.387 e. The van der Waals surface area contributed by atoms with E-state index in [1.54, 1.807) is 29.5 Å². The van der Waals surface area contributed by atoms with Crippen LogP contribution in [0.15, 0.2) is 41.8 Å². The monoisotopic (exact) mass is 299 g/mol. The topological polar surface area (TPSA) is 41.5 Å². The van der Waals surface area contributed by atoms with Crippen LogP contribution in [0.1, 0.15) is 16.5 Å². The van der Waals surface area contributed by atoms with Crippen molar-refractivity contribution in [2.75, 3.05) is 6.61 Å². The lowest BCUT2D eigenvalue weighted by Crippen LogP contribution is -2.24. The number of aliphatic hydroxyl groups excluding tert-OH is 1. The number of thiophene rings is 1. The largest absolute Gasteiger partial charge is 0.434 e. The maximum absolute atomic E-state index is 12.4. The average molecular weight is 299 g/mol. The van der Waals surface area contributed by atoms with E-state index in [4.69, 9.17) is 0 Å². The van der Waals surface area contributed by atoms with E-state index < -0.39 is 12.7 Å². The third-order valence-corrected chi connectivity index (χ3v) is 3.67. The van der Waals surface area contributed by atoms with Crippen molar-refractivity contribution in [3.8, 4) is 5.75 Å². The molecule has 0 fully saturated rings. The smallest absolute Gasteiger partial charge is 0.387 e. The van der Waals surface area contributed by atoms with Gasteiger partial charge in [0, 0.05) is 17.0 Å². The molecule has 1 aromatic heterocycles. The highest BCUT2D eigenvalue weighted by molar-refractivity contribution is 7.09. The first kappa shape index (κ1) is 14.9. The first-order chi connectivity index (χ1) is 9.70. The molecule has 0 amide bonds. The summed E-state index contributed by atoms with van der Waals surface area (Å²) in [6, 6.07) is 9.93. The van der Waals surface area contributed by atoms with E-state index in [2.05, 4.69) is 10.1 Å². The number of benzene rings is 1. The molecule has 2 rings (SSSR count). The Morgan fingerprint density at radius 3 is 2.65 bits per heavy atom. The fourth-order valence-corrected chi connectivity index (χ4v) is 2.54. The van der Waals surface area contributed by atoms with Crippen LogP contribution in [0.3, 0.4) is 0 Å². The third kappa shape index (κ3) is 4.00. The number of ether oxygens (including phenoxy) is 1. The second kappa shape index (κ2) is 7.33. The molecule has 1 unspecified atom stereocenters. The predicted molar refractivity (Wildman–Crippen MR) is 74.1 cm³/mol. The molecule has 1 heterocycles. The minimum Gasteiger partial charge on any atom is -0.434 e. The number of hydrogen-bond acceptors (Lipinski definition) is 4. The zero-order valence-electron chi connectivity index (χ0n) is 10.6. The van der Waals surface area contributed by atoms with Crippen molar-refractivity contribution in [2.45, 2.75) is 19.2 Å². The molecule has 0 aliphatic rings. The molecule has 20 heavy (non-hydrogen) atoms. The van der Waals surface area contributed by atoms with Crippen LogP contribution >= 0.6 is 11.3 Å². The minimum atomic E-state index is -2.88. The molecule has 0 aliphatic heterocycles. The summed E-state index contributed by atoms with van der Waals surface area (Å²) in [5, 5.41) is 14.6. The van der Waals surface area contributed by atoms with Gasteiger partial charge < -0.3 is 15.2 Å². The number of para-hydroxylation sites is 1. The molecule has 3 nitrogen and oxygen atoms in total. The van der Waals surface area contributed by atoms with Crippen molar-refractivity contribution in [3.05, 3.63) is 52.2 Å². The molecule has 0 saturated heterocycles. The van der Waals surface area contributed by atoms with Gasteiger partial charge in [0.2, 0.25) is 0 Å². The lowest BCUT2D eigenvalue weighted by atomic mass is 10.1. The second-order valence-electron chi connectivity index (χ2n) is 4.11. The number of hydrogen-bond donors (Lipinski definition) is 2. The van der Waals surface area contributed by atoms with E-state index in [1.807, 2.05) is 17.5 Å². The zero-order chi connectivity index (χ0) is 14.4. The van der Waals surface area contributed by atoms with Gasteiger partial charge in [0.25, 0.3) is 0 Å². The Kier molecular flexibility index (Phi) is 5.46. The van der Waals surface area contributed by atoms with Gasteiger partial charge in [-0.2, -0.15) is 8.78 Å². The van der Waals surface area contributed by atoms with Crippen LogP contribution < -0.4 is 10.1 Å². The van der Waals surface area contributed by atoms with Crippen LogP contribution in [0.2, 0.25) is 0 Å². The van der Waals surface area contributed by atoms with Gasteiger partial charge in [0.05, 0.1) is 12.6 Å². The second-order valence-corrected chi connectivity index (χ2v) is 5.14.